The fraction of sp³-hybridized carbons (Fsp3) is 0.400. The number of nitrogens with zero attached hydrogens (tertiary/aromatic N) is 5. The summed E-state index contributed by atoms with van der Waals surface area (Å²) in [5.41, 5.74) is 0.246. The zero-order valence-electron chi connectivity index (χ0n) is 16.5. The quantitative estimate of drug-likeness (QED) is 0.795. The van der Waals surface area contributed by atoms with Gasteiger partial charge >= 0.3 is 6.18 Å². The maximum absolute atomic E-state index is 13.8. The van der Waals surface area contributed by atoms with Crippen molar-refractivity contribution in [3.63, 3.8) is 0 Å². The molecule has 4 rings (SSSR count). The highest BCUT2D eigenvalue weighted by atomic mass is 19.4. The van der Waals surface area contributed by atoms with Crippen LogP contribution in [0.4, 0.5) is 30.5 Å². The second-order valence-corrected chi connectivity index (χ2v) is 7.40. The monoisotopic (exact) mass is 434 g/mol. The van der Waals surface area contributed by atoms with Crippen LogP contribution < -0.4 is 15.1 Å². The second kappa shape index (κ2) is 8.50. The minimum Gasteiger partial charge on any atom is -0.338 e. The van der Waals surface area contributed by atoms with Gasteiger partial charge in [-0.2, -0.15) is 13.2 Å². The molecule has 0 spiro atoms. The van der Waals surface area contributed by atoms with E-state index >= 15 is 0 Å². The highest BCUT2D eigenvalue weighted by Crippen LogP contribution is 2.37. The van der Waals surface area contributed by atoms with E-state index in [9.17, 15) is 22.8 Å². The lowest BCUT2D eigenvalue weighted by Gasteiger charge is -2.37. The van der Waals surface area contributed by atoms with Gasteiger partial charge in [-0.05, 0) is 18.2 Å². The van der Waals surface area contributed by atoms with Crippen LogP contribution >= 0.6 is 0 Å². The van der Waals surface area contributed by atoms with Crippen molar-refractivity contribution in [2.45, 2.75) is 18.6 Å². The van der Waals surface area contributed by atoms with Gasteiger partial charge in [0.15, 0.2) is 0 Å². The average molecular weight is 434 g/mol. The number of carbonyl (C=O) groups is 2. The third-order valence-corrected chi connectivity index (χ3v) is 5.34. The Morgan fingerprint density at radius 2 is 1.74 bits per heavy atom. The number of hydrogen-bond acceptors (Lipinski definition) is 6. The minimum atomic E-state index is -4.74. The summed E-state index contributed by atoms with van der Waals surface area (Å²) in [6.07, 6.45) is -2.31. The molecule has 8 nitrogen and oxygen atoms in total. The maximum Gasteiger partial charge on any atom is 0.409 e. The van der Waals surface area contributed by atoms with E-state index in [1.807, 2.05) is 4.90 Å². The molecule has 11 heteroatoms. The second-order valence-electron chi connectivity index (χ2n) is 7.40. The third kappa shape index (κ3) is 4.61. The zero-order valence-corrected chi connectivity index (χ0v) is 16.5. The Morgan fingerprint density at radius 3 is 2.42 bits per heavy atom. The van der Waals surface area contributed by atoms with Crippen LogP contribution in [0, 0.1) is 0 Å². The van der Waals surface area contributed by atoms with Crippen LogP contribution in [0.1, 0.15) is 6.42 Å². The number of hydrogen-bond donors (Lipinski definition) is 1. The first-order valence-electron chi connectivity index (χ1n) is 9.85. The lowest BCUT2D eigenvalue weighted by atomic mass is 10.1. The number of benzene rings is 1. The summed E-state index contributed by atoms with van der Waals surface area (Å²) in [6.45, 7) is 1.88. The molecule has 0 saturated carbocycles. The van der Waals surface area contributed by atoms with Crippen molar-refractivity contribution in [3.8, 4) is 0 Å². The maximum atomic E-state index is 13.8. The first-order chi connectivity index (χ1) is 14.8. The number of amides is 2. The third-order valence-electron chi connectivity index (χ3n) is 5.34. The normalized spacial score (nSPS) is 20.1. The molecule has 1 saturated heterocycles. The van der Waals surface area contributed by atoms with Gasteiger partial charge in [-0.15, -0.1) is 0 Å². The van der Waals surface area contributed by atoms with Gasteiger partial charge in [-0.1, -0.05) is 12.1 Å². The number of halogens is 3. The van der Waals surface area contributed by atoms with Crippen LogP contribution in [0.15, 0.2) is 42.7 Å². The van der Waals surface area contributed by atoms with Gasteiger partial charge in [0.1, 0.15) is 6.04 Å². The van der Waals surface area contributed by atoms with Crippen LogP contribution in [-0.4, -0.2) is 71.6 Å². The molecule has 2 aromatic rings. The molecular formula is C20H21F3N6O2. The van der Waals surface area contributed by atoms with E-state index in [-0.39, 0.29) is 17.9 Å². The largest absolute Gasteiger partial charge is 0.409 e. The highest BCUT2D eigenvalue weighted by molar-refractivity contribution is 6.05. The first kappa shape index (κ1) is 21.0. The topological polar surface area (TPSA) is 81.7 Å². The van der Waals surface area contributed by atoms with Crippen molar-refractivity contribution in [2.24, 2.45) is 0 Å². The molecule has 0 bridgehead atoms. The molecular weight excluding hydrogens is 413 g/mol. The Balaban J connectivity index is 1.51. The standard InChI is InChI=1S/C20H21F3N6O2/c21-20(22,23)16-12-17(30)26-14-4-1-2-5-15(14)29(16)18(31)13-27-8-10-28(11-9-27)19-24-6-3-7-25-19/h1-7,16H,8-13H2,(H,26,30). The van der Waals surface area contributed by atoms with Crippen LogP contribution in [-0.2, 0) is 9.59 Å². The molecule has 2 aliphatic heterocycles. The molecule has 0 radical (unpaired) electrons. The van der Waals surface area contributed by atoms with Crippen molar-refractivity contribution < 1.29 is 22.8 Å². The summed E-state index contributed by atoms with van der Waals surface area (Å²) in [5, 5.41) is 2.47. The number of aromatic nitrogens is 2. The van der Waals surface area contributed by atoms with E-state index in [1.165, 1.54) is 12.1 Å². The van der Waals surface area contributed by atoms with Gasteiger partial charge < -0.3 is 10.2 Å². The molecule has 1 aromatic heterocycles. The number of carbonyl (C=O) groups excluding carboxylic acids is 2. The molecule has 2 amide bonds. The molecule has 31 heavy (non-hydrogen) atoms. The van der Waals surface area contributed by atoms with E-state index in [1.54, 1.807) is 35.5 Å². The molecule has 2 aliphatic rings. The Labute approximate surface area is 176 Å². The summed E-state index contributed by atoms with van der Waals surface area (Å²) in [7, 11) is 0. The summed E-state index contributed by atoms with van der Waals surface area (Å²) >= 11 is 0. The van der Waals surface area contributed by atoms with Gasteiger partial charge in [0.2, 0.25) is 17.8 Å². The van der Waals surface area contributed by atoms with Gasteiger partial charge in [-0.3, -0.25) is 19.4 Å². The van der Waals surface area contributed by atoms with Gasteiger partial charge in [0, 0.05) is 38.6 Å². The predicted molar refractivity (Wildman–Crippen MR) is 108 cm³/mol. The van der Waals surface area contributed by atoms with E-state index in [4.69, 9.17) is 0 Å². The summed E-state index contributed by atoms with van der Waals surface area (Å²) < 4.78 is 41.4. The lowest BCUT2D eigenvalue weighted by molar-refractivity contribution is -0.158. The van der Waals surface area contributed by atoms with Gasteiger partial charge in [-0.25, -0.2) is 9.97 Å². The fourth-order valence-electron chi connectivity index (χ4n) is 3.82. The molecule has 1 unspecified atom stereocenters. The summed E-state index contributed by atoms with van der Waals surface area (Å²) in [4.78, 5) is 38.0. The smallest absolute Gasteiger partial charge is 0.338 e. The Bertz CT molecular complexity index is 947. The van der Waals surface area contributed by atoms with Crippen LogP contribution in [0.3, 0.4) is 0 Å². The van der Waals surface area contributed by atoms with Crippen molar-refractivity contribution in [1.82, 2.24) is 14.9 Å². The Hall–Kier alpha value is -3.21. The predicted octanol–water partition coefficient (Wildman–Crippen LogP) is 1.90. The van der Waals surface area contributed by atoms with E-state index in [0.29, 0.717) is 32.1 Å². The van der Waals surface area contributed by atoms with E-state index in [2.05, 4.69) is 15.3 Å². The van der Waals surface area contributed by atoms with Crippen LogP contribution in [0.2, 0.25) is 0 Å². The number of nitrogens with one attached hydrogen (secondary N) is 1. The number of para-hydroxylation sites is 2. The first-order valence-corrected chi connectivity index (χ1v) is 9.85. The Kier molecular flexibility index (Phi) is 5.77. The number of fused-ring (bicyclic) bond motifs is 1. The van der Waals surface area contributed by atoms with E-state index in [0.717, 1.165) is 4.90 Å². The van der Waals surface area contributed by atoms with Gasteiger partial charge in [0.25, 0.3) is 0 Å². The molecule has 1 atom stereocenters. The SMILES string of the molecule is O=C1CC(C(F)(F)F)N(C(=O)CN2CCN(c3ncccn3)CC2)c2ccccc2N1. The summed E-state index contributed by atoms with van der Waals surface area (Å²) in [6, 6.07) is 5.55. The minimum absolute atomic E-state index is 0.0528. The number of anilines is 3. The molecule has 0 aliphatic carbocycles. The van der Waals surface area contributed by atoms with Crippen molar-refractivity contribution in [2.75, 3.05) is 47.8 Å². The number of piperazine rings is 1. The van der Waals surface area contributed by atoms with Crippen LogP contribution in [0.25, 0.3) is 0 Å². The van der Waals surface area contributed by atoms with E-state index < -0.39 is 30.5 Å². The molecule has 164 valence electrons. The average Bonchev–Trinajstić information content (AvgIpc) is 2.90. The zero-order chi connectivity index (χ0) is 22.0. The van der Waals surface area contributed by atoms with Crippen LogP contribution in [0.5, 0.6) is 0 Å². The van der Waals surface area contributed by atoms with Crippen molar-refractivity contribution >= 4 is 29.1 Å². The lowest BCUT2D eigenvalue weighted by Crippen LogP contribution is -2.55. The number of alkyl halides is 3. The summed E-state index contributed by atoms with van der Waals surface area (Å²) in [5.74, 6) is -0.895. The number of rotatable bonds is 3. The highest BCUT2D eigenvalue weighted by Gasteiger charge is 2.49. The molecule has 1 aromatic carbocycles. The molecule has 1 fully saturated rings. The van der Waals surface area contributed by atoms with Gasteiger partial charge in [0.05, 0.1) is 24.3 Å². The molecule has 3 heterocycles. The van der Waals surface area contributed by atoms with Crippen molar-refractivity contribution in [1.29, 1.82) is 0 Å². The fourth-order valence-corrected chi connectivity index (χ4v) is 3.82. The molecule has 1 N–H and O–H groups in total. The Morgan fingerprint density at radius 1 is 1.06 bits per heavy atom. The van der Waals surface area contributed by atoms with Crippen molar-refractivity contribution in [3.05, 3.63) is 42.7 Å².